The van der Waals surface area contributed by atoms with Crippen LogP contribution >= 0.6 is 0 Å². The number of phenols is 2. The lowest BCUT2D eigenvalue weighted by atomic mass is 10.1. The van der Waals surface area contributed by atoms with Gasteiger partial charge in [-0.05, 0) is 18.2 Å². The predicted octanol–water partition coefficient (Wildman–Crippen LogP) is 2.00. The lowest BCUT2D eigenvalue weighted by Gasteiger charge is -2.05. The summed E-state index contributed by atoms with van der Waals surface area (Å²) in [6.07, 6.45) is 4.32. The zero-order chi connectivity index (χ0) is 11.4. The Morgan fingerprint density at radius 1 is 1.33 bits per heavy atom. The van der Waals surface area contributed by atoms with Crippen LogP contribution in [0.4, 0.5) is 0 Å². The Labute approximate surface area is 86.4 Å². The molecule has 0 aromatic heterocycles. The quantitative estimate of drug-likeness (QED) is 0.661. The number of allylic oxidation sites excluding steroid dienone is 2. The SMILES string of the molecule is C=CC=Cc1c(O)ccc(C(=O)O)c1O. The Morgan fingerprint density at radius 2 is 2.00 bits per heavy atom. The molecule has 3 N–H and O–H groups in total. The third-order valence-electron chi connectivity index (χ3n) is 1.82. The van der Waals surface area contributed by atoms with Gasteiger partial charge >= 0.3 is 5.97 Å². The van der Waals surface area contributed by atoms with Gasteiger partial charge in [0, 0.05) is 0 Å². The number of hydrogen-bond donors (Lipinski definition) is 3. The zero-order valence-electron chi connectivity index (χ0n) is 7.84. The topological polar surface area (TPSA) is 77.8 Å². The average Bonchev–Trinajstić information content (AvgIpc) is 2.17. The van der Waals surface area contributed by atoms with Crippen molar-refractivity contribution in [2.24, 2.45) is 0 Å². The van der Waals surface area contributed by atoms with Crippen LogP contribution < -0.4 is 0 Å². The van der Waals surface area contributed by atoms with E-state index in [1.54, 1.807) is 0 Å². The number of phenolic OH excluding ortho intramolecular Hbond substituents is 1. The molecule has 4 heteroatoms. The van der Waals surface area contributed by atoms with Gasteiger partial charge in [0.05, 0.1) is 5.56 Å². The van der Waals surface area contributed by atoms with Crippen molar-refractivity contribution in [1.82, 2.24) is 0 Å². The third-order valence-corrected chi connectivity index (χ3v) is 1.82. The van der Waals surface area contributed by atoms with Gasteiger partial charge in [-0.15, -0.1) is 0 Å². The predicted molar refractivity (Wildman–Crippen MR) is 56.0 cm³/mol. The smallest absolute Gasteiger partial charge is 0.339 e. The van der Waals surface area contributed by atoms with E-state index in [-0.39, 0.29) is 16.9 Å². The highest BCUT2D eigenvalue weighted by Crippen LogP contribution is 2.31. The highest BCUT2D eigenvalue weighted by Gasteiger charge is 2.14. The average molecular weight is 206 g/mol. The highest BCUT2D eigenvalue weighted by molar-refractivity contribution is 5.93. The van der Waals surface area contributed by atoms with Crippen molar-refractivity contribution < 1.29 is 20.1 Å². The summed E-state index contributed by atoms with van der Waals surface area (Å²) in [5.41, 5.74) is -0.189. The molecule has 1 rings (SSSR count). The molecule has 4 nitrogen and oxygen atoms in total. The van der Waals surface area contributed by atoms with Crippen molar-refractivity contribution in [3.63, 3.8) is 0 Å². The fraction of sp³-hybridized carbons (Fsp3) is 0. The van der Waals surface area contributed by atoms with E-state index in [0.717, 1.165) is 6.07 Å². The van der Waals surface area contributed by atoms with Crippen molar-refractivity contribution in [3.05, 3.63) is 42.0 Å². The summed E-state index contributed by atoms with van der Waals surface area (Å²) in [5.74, 6) is -1.89. The van der Waals surface area contributed by atoms with Crippen LogP contribution in [-0.4, -0.2) is 21.3 Å². The van der Waals surface area contributed by atoms with Gasteiger partial charge in [-0.25, -0.2) is 4.79 Å². The second kappa shape index (κ2) is 4.32. The first-order chi connectivity index (χ1) is 7.07. The number of aromatic carboxylic acids is 1. The molecule has 0 unspecified atom stereocenters. The van der Waals surface area contributed by atoms with Crippen molar-refractivity contribution in [2.45, 2.75) is 0 Å². The van der Waals surface area contributed by atoms with E-state index in [1.807, 2.05) is 0 Å². The largest absolute Gasteiger partial charge is 0.507 e. The van der Waals surface area contributed by atoms with Crippen LogP contribution in [0.25, 0.3) is 6.08 Å². The van der Waals surface area contributed by atoms with E-state index in [0.29, 0.717) is 0 Å². The van der Waals surface area contributed by atoms with Crippen LogP contribution in [0.5, 0.6) is 11.5 Å². The molecule has 0 saturated heterocycles. The summed E-state index contributed by atoms with van der Waals surface area (Å²) in [7, 11) is 0. The first-order valence-corrected chi connectivity index (χ1v) is 4.15. The second-order valence-corrected chi connectivity index (χ2v) is 2.79. The van der Waals surface area contributed by atoms with Crippen LogP contribution in [0.15, 0.2) is 30.9 Å². The van der Waals surface area contributed by atoms with Gasteiger partial charge in [-0.2, -0.15) is 0 Å². The second-order valence-electron chi connectivity index (χ2n) is 2.79. The summed E-state index contributed by atoms with van der Waals surface area (Å²) < 4.78 is 0. The molecule has 0 saturated carbocycles. The first kappa shape index (κ1) is 10.8. The monoisotopic (exact) mass is 206 g/mol. The Morgan fingerprint density at radius 3 is 2.53 bits per heavy atom. The minimum Gasteiger partial charge on any atom is -0.507 e. The van der Waals surface area contributed by atoms with Gasteiger partial charge in [0.2, 0.25) is 0 Å². The van der Waals surface area contributed by atoms with E-state index < -0.39 is 11.7 Å². The molecule has 0 aliphatic rings. The van der Waals surface area contributed by atoms with Crippen LogP contribution in [0.1, 0.15) is 15.9 Å². The summed E-state index contributed by atoms with van der Waals surface area (Å²) in [4.78, 5) is 10.7. The maximum atomic E-state index is 10.7. The van der Waals surface area contributed by atoms with Gasteiger partial charge in [0.1, 0.15) is 17.1 Å². The lowest BCUT2D eigenvalue weighted by molar-refractivity contribution is 0.0693. The Bertz CT molecular complexity index is 432. The van der Waals surface area contributed by atoms with Crippen molar-refractivity contribution >= 4 is 12.0 Å². The Hall–Kier alpha value is -2.23. The van der Waals surface area contributed by atoms with Crippen molar-refractivity contribution in [1.29, 1.82) is 0 Å². The van der Waals surface area contributed by atoms with E-state index in [4.69, 9.17) is 5.11 Å². The summed E-state index contributed by atoms with van der Waals surface area (Å²) >= 11 is 0. The number of carboxylic acid groups (broad SMARTS) is 1. The van der Waals surface area contributed by atoms with Crippen LogP contribution in [0.2, 0.25) is 0 Å². The summed E-state index contributed by atoms with van der Waals surface area (Å²) in [6, 6.07) is 2.35. The molecule has 1 aromatic carbocycles. The fourth-order valence-electron chi connectivity index (χ4n) is 1.10. The number of benzene rings is 1. The normalized spacial score (nSPS) is 10.4. The summed E-state index contributed by atoms with van der Waals surface area (Å²) in [5, 5.41) is 27.6. The molecular formula is C11H10O4. The van der Waals surface area contributed by atoms with Gasteiger partial charge in [0.15, 0.2) is 0 Å². The molecule has 0 amide bonds. The van der Waals surface area contributed by atoms with Crippen LogP contribution in [0.3, 0.4) is 0 Å². The standard InChI is InChI=1S/C11H10O4/c1-2-3-4-7-9(12)6-5-8(10(7)13)11(14)15/h2-6,12-13H,1H2,(H,14,15). The van der Waals surface area contributed by atoms with Crippen LogP contribution in [-0.2, 0) is 0 Å². The molecule has 0 fully saturated rings. The molecular weight excluding hydrogens is 196 g/mol. The number of aromatic hydroxyl groups is 2. The van der Waals surface area contributed by atoms with Crippen molar-refractivity contribution in [3.8, 4) is 11.5 Å². The molecule has 0 aliphatic carbocycles. The number of carbonyl (C=O) groups is 1. The maximum absolute atomic E-state index is 10.7. The molecule has 0 spiro atoms. The molecule has 0 atom stereocenters. The first-order valence-electron chi connectivity index (χ1n) is 4.15. The number of hydrogen-bond acceptors (Lipinski definition) is 3. The van der Waals surface area contributed by atoms with E-state index in [2.05, 4.69) is 6.58 Å². The Balaban J connectivity index is 3.36. The number of rotatable bonds is 3. The number of carboxylic acids is 1. The van der Waals surface area contributed by atoms with Gasteiger partial charge in [0.25, 0.3) is 0 Å². The van der Waals surface area contributed by atoms with Crippen molar-refractivity contribution in [2.75, 3.05) is 0 Å². The van der Waals surface area contributed by atoms with Gasteiger partial charge < -0.3 is 15.3 Å². The van der Waals surface area contributed by atoms with E-state index >= 15 is 0 Å². The molecule has 0 heterocycles. The minimum absolute atomic E-state index is 0.0646. The van der Waals surface area contributed by atoms with E-state index in [1.165, 1.54) is 24.3 Å². The van der Waals surface area contributed by atoms with E-state index in [9.17, 15) is 15.0 Å². The third kappa shape index (κ3) is 2.17. The lowest BCUT2D eigenvalue weighted by Crippen LogP contribution is -1.97. The Kier molecular flexibility index (Phi) is 3.13. The highest BCUT2D eigenvalue weighted by atomic mass is 16.4. The fourth-order valence-corrected chi connectivity index (χ4v) is 1.10. The molecule has 0 radical (unpaired) electrons. The molecule has 0 bridgehead atoms. The van der Waals surface area contributed by atoms with Crippen LogP contribution in [0, 0.1) is 0 Å². The maximum Gasteiger partial charge on any atom is 0.339 e. The molecule has 78 valence electrons. The zero-order valence-corrected chi connectivity index (χ0v) is 7.84. The molecule has 15 heavy (non-hydrogen) atoms. The summed E-state index contributed by atoms with van der Waals surface area (Å²) in [6.45, 7) is 3.43. The molecule has 1 aromatic rings. The minimum atomic E-state index is -1.25. The van der Waals surface area contributed by atoms with Gasteiger partial charge in [-0.3, -0.25) is 0 Å². The molecule has 0 aliphatic heterocycles. The van der Waals surface area contributed by atoms with Gasteiger partial charge in [-0.1, -0.05) is 18.7 Å².